The van der Waals surface area contributed by atoms with Gasteiger partial charge in [0, 0.05) is 0 Å². The van der Waals surface area contributed by atoms with Crippen LogP contribution in [0.4, 0.5) is 0 Å². The van der Waals surface area contributed by atoms with Crippen molar-refractivity contribution in [2.45, 2.75) is 78.1 Å². The largest absolute Gasteiger partial charge is 0.0704 e. The lowest BCUT2D eigenvalue weighted by atomic mass is 9.52. The molecule has 0 spiro atoms. The van der Waals surface area contributed by atoms with Crippen LogP contribution >= 0.6 is 0 Å². The molecule has 0 heteroatoms. The maximum absolute atomic E-state index is 2.62. The third-order valence-corrected chi connectivity index (χ3v) is 7.42. The second-order valence-electron chi connectivity index (χ2n) is 8.39. The summed E-state index contributed by atoms with van der Waals surface area (Å²) in [4.78, 5) is 0. The zero-order chi connectivity index (χ0) is 13.0. The molecule has 0 amide bonds. The SMILES string of the molecule is CC1CC2=C(CCCC2)[C@H]2CC[C@]3(C)CCC[C@H]3[C@H]12. The normalized spacial score (nSPS) is 49.6. The van der Waals surface area contributed by atoms with Crippen molar-refractivity contribution >= 4 is 0 Å². The van der Waals surface area contributed by atoms with E-state index >= 15 is 0 Å². The summed E-state index contributed by atoms with van der Waals surface area (Å²) in [5, 5.41) is 0. The third-order valence-electron chi connectivity index (χ3n) is 7.42. The fraction of sp³-hybridized carbons (Fsp3) is 0.895. The maximum atomic E-state index is 2.62. The van der Waals surface area contributed by atoms with Crippen molar-refractivity contribution in [3.8, 4) is 0 Å². The second kappa shape index (κ2) is 4.37. The van der Waals surface area contributed by atoms with Gasteiger partial charge in [-0.3, -0.25) is 0 Å². The van der Waals surface area contributed by atoms with Gasteiger partial charge in [0.05, 0.1) is 0 Å². The fourth-order valence-electron chi connectivity index (χ4n) is 6.58. The topological polar surface area (TPSA) is 0 Å². The van der Waals surface area contributed by atoms with Crippen LogP contribution in [0.25, 0.3) is 0 Å². The van der Waals surface area contributed by atoms with Gasteiger partial charge in [-0.2, -0.15) is 0 Å². The Morgan fingerprint density at radius 3 is 2.74 bits per heavy atom. The van der Waals surface area contributed by atoms with E-state index < -0.39 is 0 Å². The number of hydrogen-bond acceptors (Lipinski definition) is 0. The van der Waals surface area contributed by atoms with E-state index in [0.29, 0.717) is 0 Å². The van der Waals surface area contributed by atoms with E-state index in [-0.39, 0.29) is 0 Å². The molecule has 106 valence electrons. The maximum Gasteiger partial charge on any atom is -0.0166 e. The molecule has 2 fully saturated rings. The molecule has 0 N–H and O–H groups in total. The zero-order valence-electron chi connectivity index (χ0n) is 12.9. The average molecular weight is 258 g/mol. The molecule has 4 rings (SSSR count). The fourth-order valence-corrected chi connectivity index (χ4v) is 6.58. The molecule has 0 aromatic heterocycles. The lowest BCUT2D eigenvalue weighted by Crippen LogP contribution is -2.44. The first kappa shape index (κ1) is 12.5. The van der Waals surface area contributed by atoms with Gasteiger partial charge in [-0.05, 0) is 86.9 Å². The van der Waals surface area contributed by atoms with E-state index in [1.807, 2.05) is 11.1 Å². The minimum Gasteiger partial charge on any atom is -0.0704 e. The van der Waals surface area contributed by atoms with Crippen molar-refractivity contribution in [2.24, 2.45) is 29.1 Å². The molecule has 5 atom stereocenters. The molecule has 0 aromatic carbocycles. The minimum atomic E-state index is 0.724. The van der Waals surface area contributed by atoms with E-state index in [0.717, 1.165) is 29.1 Å². The van der Waals surface area contributed by atoms with E-state index in [1.54, 1.807) is 6.42 Å². The second-order valence-corrected chi connectivity index (χ2v) is 8.39. The van der Waals surface area contributed by atoms with Crippen molar-refractivity contribution in [1.29, 1.82) is 0 Å². The van der Waals surface area contributed by atoms with Crippen LogP contribution in [0.15, 0.2) is 11.1 Å². The van der Waals surface area contributed by atoms with Gasteiger partial charge in [0.2, 0.25) is 0 Å². The van der Waals surface area contributed by atoms with Crippen LogP contribution in [0.5, 0.6) is 0 Å². The molecule has 4 aliphatic rings. The van der Waals surface area contributed by atoms with Gasteiger partial charge in [-0.25, -0.2) is 0 Å². The summed E-state index contributed by atoms with van der Waals surface area (Å²) in [5.41, 5.74) is 4.62. The number of fused-ring (bicyclic) bond motifs is 4. The number of rotatable bonds is 0. The smallest absolute Gasteiger partial charge is 0.0166 e. The Morgan fingerprint density at radius 1 is 1.00 bits per heavy atom. The monoisotopic (exact) mass is 258 g/mol. The quantitative estimate of drug-likeness (QED) is 0.487. The molecule has 19 heavy (non-hydrogen) atoms. The highest BCUT2D eigenvalue weighted by Crippen LogP contribution is 2.62. The highest BCUT2D eigenvalue weighted by atomic mass is 14.6. The predicted octanol–water partition coefficient (Wildman–Crippen LogP) is 5.73. The molecule has 0 aliphatic heterocycles. The Bertz CT molecular complexity index is 404. The molecule has 2 saturated carbocycles. The number of allylic oxidation sites excluding steroid dienone is 2. The third kappa shape index (κ3) is 1.78. The Kier molecular flexibility index (Phi) is 2.87. The molecule has 0 radical (unpaired) electrons. The molecule has 1 unspecified atom stereocenters. The van der Waals surface area contributed by atoms with Crippen LogP contribution in [0.3, 0.4) is 0 Å². The number of hydrogen-bond donors (Lipinski definition) is 0. The minimum absolute atomic E-state index is 0.724. The summed E-state index contributed by atoms with van der Waals surface area (Å²) in [6.07, 6.45) is 15.0. The van der Waals surface area contributed by atoms with Crippen LogP contribution in [-0.4, -0.2) is 0 Å². The molecular weight excluding hydrogens is 228 g/mol. The van der Waals surface area contributed by atoms with Gasteiger partial charge in [-0.15, -0.1) is 0 Å². The Morgan fingerprint density at radius 2 is 1.84 bits per heavy atom. The first-order valence-electron chi connectivity index (χ1n) is 8.90. The first-order chi connectivity index (χ1) is 9.19. The lowest BCUT2D eigenvalue weighted by molar-refractivity contribution is 0.0127. The van der Waals surface area contributed by atoms with Gasteiger partial charge in [0.15, 0.2) is 0 Å². The zero-order valence-corrected chi connectivity index (χ0v) is 12.9. The van der Waals surface area contributed by atoms with Crippen LogP contribution in [0.1, 0.15) is 78.1 Å². The summed E-state index contributed by atoms with van der Waals surface area (Å²) >= 11 is 0. The molecule has 0 saturated heterocycles. The van der Waals surface area contributed by atoms with Gasteiger partial charge < -0.3 is 0 Å². The molecule has 0 heterocycles. The summed E-state index contributed by atoms with van der Waals surface area (Å²) in [5.74, 6) is 4.11. The van der Waals surface area contributed by atoms with E-state index in [2.05, 4.69) is 13.8 Å². The lowest BCUT2D eigenvalue weighted by Gasteiger charge is -2.53. The van der Waals surface area contributed by atoms with Crippen molar-refractivity contribution in [2.75, 3.05) is 0 Å². The molecule has 0 bridgehead atoms. The summed E-state index contributed by atoms with van der Waals surface area (Å²) in [6.45, 7) is 5.21. The highest BCUT2D eigenvalue weighted by Gasteiger charge is 2.52. The van der Waals surface area contributed by atoms with E-state index in [4.69, 9.17) is 0 Å². The van der Waals surface area contributed by atoms with Crippen molar-refractivity contribution in [3.63, 3.8) is 0 Å². The van der Waals surface area contributed by atoms with Crippen LogP contribution in [0, 0.1) is 29.1 Å². The van der Waals surface area contributed by atoms with Gasteiger partial charge >= 0.3 is 0 Å². The van der Waals surface area contributed by atoms with Crippen molar-refractivity contribution < 1.29 is 0 Å². The van der Waals surface area contributed by atoms with E-state index in [9.17, 15) is 0 Å². The summed E-state index contributed by atoms with van der Waals surface area (Å²) in [6, 6.07) is 0. The van der Waals surface area contributed by atoms with Crippen LogP contribution in [0.2, 0.25) is 0 Å². The van der Waals surface area contributed by atoms with Crippen molar-refractivity contribution in [3.05, 3.63) is 11.1 Å². The molecule has 4 aliphatic carbocycles. The molecule has 0 aromatic rings. The van der Waals surface area contributed by atoms with Crippen molar-refractivity contribution in [1.82, 2.24) is 0 Å². The molecular formula is C19H30. The summed E-state index contributed by atoms with van der Waals surface area (Å²) in [7, 11) is 0. The average Bonchev–Trinajstić information content (AvgIpc) is 2.80. The predicted molar refractivity (Wildman–Crippen MR) is 80.9 cm³/mol. The Hall–Kier alpha value is -0.260. The van der Waals surface area contributed by atoms with Gasteiger partial charge in [0.25, 0.3) is 0 Å². The standard InChI is InChI=1S/C19H30/c1-13-12-14-6-3-4-7-15(14)16-9-11-19(2)10-5-8-17(19)18(13)16/h13,16-18H,3-12H2,1-2H3/t13?,16-,17+,18-,19+/m1/s1. The summed E-state index contributed by atoms with van der Waals surface area (Å²) < 4.78 is 0. The highest BCUT2D eigenvalue weighted by molar-refractivity contribution is 5.26. The van der Waals surface area contributed by atoms with Crippen LogP contribution in [-0.2, 0) is 0 Å². The Labute approximate surface area is 119 Å². The molecule has 0 nitrogen and oxygen atoms in total. The van der Waals surface area contributed by atoms with Gasteiger partial charge in [0.1, 0.15) is 0 Å². The van der Waals surface area contributed by atoms with E-state index in [1.165, 1.54) is 57.8 Å². The Balaban J connectivity index is 1.71. The van der Waals surface area contributed by atoms with Gasteiger partial charge in [-0.1, -0.05) is 31.4 Å². The first-order valence-corrected chi connectivity index (χ1v) is 8.90. The van der Waals surface area contributed by atoms with Crippen LogP contribution < -0.4 is 0 Å².